The van der Waals surface area contributed by atoms with Gasteiger partial charge >= 0.3 is 0 Å². The van der Waals surface area contributed by atoms with Crippen LogP contribution in [0.1, 0.15) is 22.6 Å². The van der Waals surface area contributed by atoms with Crippen molar-refractivity contribution in [1.29, 1.82) is 0 Å². The number of fused-ring (bicyclic) bond motifs is 11. The predicted octanol–water partition coefficient (Wildman–Crippen LogP) is -28.5. The Kier molecular flexibility index (Phi) is 18.3. The Morgan fingerprint density at radius 3 is 0.633 bits per heavy atom. The first-order valence-electron chi connectivity index (χ1n) is 28.5. The Hall–Kier alpha value is -5.87. The summed E-state index contributed by atoms with van der Waals surface area (Å²) in [6.45, 7) is 0. The fourth-order valence-corrected chi connectivity index (χ4v) is 13.1. The molecule has 0 saturated heterocycles. The van der Waals surface area contributed by atoms with Crippen molar-refractivity contribution in [2.75, 3.05) is 0 Å². The zero-order valence-electron chi connectivity index (χ0n) is 51.6. The Morgan fingerprint density at radius 1 is 0.153 bits per heavy atom. The maximum absolute atomic E-state index is 7.89. The lowest BCUT2D eigenvalue weighted by atomic mass is 9.51. The fraction of sp³-hybridized carbons (Fsp3) is 0.0172. The third kappa shape index (κ3) is 9.81. The van der Waals surface area contributed by atoms with Crippen LogP contribution in [0.15, 0.2) is 4.42 Å². The number of furan rings is 1. The Balaban J connectivity index is 1.32. The molecule has 362 valence electrons. The molecule has 1 unspecified atom stereocenters. The molecule has 2 aromatic heterocycles. The zero-order valence-corrected chi connectivity index (χ0v) is 51.6. The first-order valence-corrected chi connectivity index (χ1v) is 28.5. The summed E-state index contributed by atoms with van der Waals surface area (Å²) in [6.07, 6.45) is 0. The molecule has 1 atom stereocenters. The monoisotopic (exact) mass is 1150 g/mol. The largest absolute Gasteiger partial charge is 0.455 e. The summed E-state index contributed by atoms with van der Waals surface area (Å²) in [5.74, 6) is -3.04. The third-order valence-corrected chi connectivity index (χ3v) is 18.6. The molecule has 98 heavy (non-hydrogen) atoms. The molecule has 40 heteroatoms. The molecule has 0 N–H and O–H groups in total. The second kappa shape index (κ2) is 25.0. The van der Waals surface area contributed by atoms with Gasteiger partial charge in [0.15, 0.2) is 17.5 Å². The number of nitrogens with zero attached hydrogens (tertiary/aromatic N) is 3. The minimum atomic E-state index is -1.85. The van der Waals surface area contributed by atoms with Crippen LogP contribution in [0.3, 0.4) is 0 Å². The highest BCUT2D eigenvalue weighted by atomic mass is 16.3. The average Bonchev–Trinajstić information content (AvgIpc) is 0.882. The van der Waals surface area contributed by atoms with Crippen molar-refractivity contribution in [3.8, 4) is 78.7 Å². The molecule has 12 rings (SSSR count). The highest BCUT2D eigenvalue weighted by molar-refractivity contribution is 6.76. The van der Waals surface area contributed by atoms with E-state index < -0.39 is 33.6 Å². The normalized spacial score (nSPS) is 12.1. The van der Waals surface area contributed by atoms with Gasteiger partial charge in [-0.05, 0) is 50.1 Å². The van der Waals surface area contributed by atoms with Gasteiger partial charge in [-0.1, -0.05) is 104 Å². The van der Waals surface area contributed by atoms with Crippen molar-refractivity contribution in [2.24, 2.45) is 0 Å². The standard InChI is InChI=1S/C58HB36N3O/c59-18-2-3(5-7(23(64)42(83)40(81)21(5)62)9-8(24(65)43(84)44(85)25(9)66)6-4(2)20(61)39(80)41(82)22(6)63)19(60)26(67)10(18)1(11-27(68)45(86)51(92)46(87)28(11)69)12-29(70)37(78)30(71)13-14-31(72)38(79)36(77)17(55(14)98-54(12)13)58-96-56(15-32(73)47(88)52(93)48(89)33(15)74)95-57(97-58)16-34(75)49(90)53(94)50(91)35(16)76/h1H. The van der Waals surface area contributed by atoms with Crippen LogP contribution >= 0.6 is 0 Å². The Morgan fingerprint density at radius 2 is 0.327 bits per heavy atom. The van der Waals surface area contributed by atoms with Crippen LogP contribution in [-0.2, 0) is 0 Å². The van der Waals surface area contributed by atoms with Crippen molar-refractivity contribution in [3.05, 3.63) is 16.7 Å². The van der Waals surface area contributed by atoms with Crippen molar-refractivity contribution in [3.63, 3.8) is 0 Å². The van der Waals surface area contributed by atoms with E-state index in [-0.39, 0.29) is 286 Å². The minimum absolute atomic E-state index is 0.0584. The van der Waals surface area contributed by atoms with Crippen LogP contribution in [-0.4, -0.2) is 297 Å². The molecule has 0 bridgehead atoms. The summed E-state index contributed by atoms with van der Waals surface area (Å²) < 4.78 is 7.15. The van der Waals surface area contributed by atoms with Crippen LogP contribution in [0.5, 0.6) is 0 Å². The second-order valence-corrected chi connectivity index (χ2v) is 23.5. The van der Waals surface area contributed by atoms with Crippen LogP contribution in [0.2, 0.25) is 0 Å². The maximum Gasteiger partial charge on any atom is 0.167 e. The first kappa shape index (κ1) is 71.9. The molecule has 0 fully saturated rings. The molecule has 0 saturated carbocycles. The van der Waals surface area contributed by atoms with Crippen molar-refractivity contribution >= 4 is 501 Å². The fourth-order valence-electron chi connectivity index (χ4n) is 13.1. The summed E-state index contributed by atoms with van der Waals surface area (Å²) in [7, 11) is 248. The smallest absolute Gasteiger partial charge is 0.167 e. The number of hydrogen-bond donors (Lipinski definition) is 0. The highest BCUT2D eigenvalue weighted by Crippen LogP contribution is 2.44. The van der Waals surface area contributed by atoms with E-state index in [4.69, 9.17) is 302 Å². The van der Waals surface area contributed by atoms with Gasteiger partial charge < -0.3 is 4.42 Å². The molecule has 1 aliphatic rings. The molecular formula is C58HB36N3O. The van der Waals surface area contributed by atoms with Crippen LogP contribution < -0.4 is 197 Å². The first-order chi connectivity index (χ1) is 45.7. The average molecular weight is 1140 g/mol. The van der Waals surface area contributed by atoms with Gasteiger partial charge in [-0.25, -0.2) is 15.0 Å². The Bertz CT molecular complexity index is 5420. The van der Waals surface area contributed by atoms with E-state index in [2.05, 4.69) is 0 Å². The second-order valence-electron chi connectivity index (χ2n) is 23.5. The highest BCUT2D eigenvalue weighted by Gasteiger charge is 2.38. The molecule has 2 heterocycles. The minimum Gasteiger partial charge on any atom is -0.455 e. The number of rotatable bonds is 6. The summed E-state index contributed by atoms with van der Waals surface area (Å²) in [5, 5.41) is -0.276. The Labute approximate surface area is 617 Å². The summed E-state index contributed by atoms with van der Waals surface area (Å²) in [4.78, 5) is 14.4. The van der Waals surface area contributed by atoms with Crippen LogP contribution in [0.25, 0.3) is 101 Å². The summed E-state index contributed by atoms with van der Waals surface area (Å²) in [6, 6.07) is 0. The molecule has 72 radical (unpaired) electrons. The molecule has 9 aromatic carbocycles. The molecular weight excluding hydrogens is 1140 g/mol. The van der Waals surface area contributed by atoms with E-state index in [0.29, 0.717) is 0 Å². The maximum atomic E-state index is 7.89. The summed E-state index contributed by atoms with van der Waals surface area (Å²) >= 11 is 0. The molecule has 0 spiro atoms. The zero-order chi connectivity index (χ0) is 72.3. The van der Waals surface area contributed by atoms with Crippen LogP contribution in [0, 0.1) is 0 Å². The molecule has 0 amide bonds. The van der Waals surface area contributed by atoms with E-state index in [1.807, 2.05) is 0 Å². The van der Waals surface area contributed by atoms with Gasteiger partial charge in [0, 0.05) is 27.8 Å². The molecule has 1 aliphatic carbocycles. The van der Waals surface area contributed by atoms with E-state index in [1.165, 1.54) is 0 Å². The van der Waals surface area contributed by atoms with Crippen LogP contribution in [0.4, 0.5) is 0 Å². The molecule has 4 nitrogen and oxygen atoms in total. The number of hydrogen-bond acceptors (Lipinski definition) is 4. The number of benzene rings is 9. The van der Waals surface area contributed by atoms with Gasteiger partial charge in [-0.3, -0.25) is 0 Å². The van der Waals surface area contributed by atoms with Gasteiger partial charge in [-0.15, -0.1) is 104 Å². The SMILES string of the molecule is [B]c1c([B])c([B])c(-c2nc(-c3c([B])c([B])c([B])c([B])c3[B])nc(-c3c([B])c([B])c([B])c4c3oc3c(C(c5c([B])c([B])c([B])c([B])c5[B])c5c([B])c([B])c6c(c5[B])-c5c([B])c([B])c([B])c([B])c5-c5c([B])c([B])c([B])c([B])c5-c5c([B])c([B])c([B])c([B])c5-6)c([B])c([B])c([B])c34)n2)c([B])c1[B]. The molecule has 0 aliphatic heterocycles. The van der Waals surface area contributed by atoms with Gasteiger partial charge in [-0.2, -0.15) is 0 Å². The number of aromatic nitrogens is 3. The van der Waals surface area contributed by atoms with E-state index in [9.17, 15) is 0 Å². The van der Waals surface area contributed by atoms with Gasteiger partial charge in [0.2, 0.25) is 0 Å². The topological polar surface area (TPSA) is 51.8 Å². The van der Waals surface area contributed by atoms with E-state index >= 15 is 0 Å². The lowest BCUT2D eigenvalue weighted by Crippen LogP contribution is -2.58. The lowest BCUT2D eigenvalue weighted by molar-refractivity contribution is 0.663. The lowest BCUT2D eigenvalue weighted by Gasteiger charge is -2.39. The van der Waals surface area contributed by atoms with Gasteiger partial charge in [0.1, 0.15) is 294 Å². The third-order valence-electron chi connectivity index (χ3n) is 18.6. The van der Waals surface area contributed by atoms with Crippen molar-refractivity contribution in [1.82, 2.24) is 15.0 Å². The quantitative estimate of drug-likeness (QED) is 0.123. The predicted molar refractivity (Wildman–Crippen MR) is 447 cm³/mol. The van der Waals surface area contributed by atoms with E-state index in [1.54, 1.807) is 0 Å². The van der Waals surface area contributed by atoms with E-state index in [0.717, 1.165) is 0 Å². The van der Waals surface area contributed by atoms with Gasteiger partial charge in [0.05, 0.1) is 5.56 Å². The molecule has 11 aromatic rings. The van der Waals surface area contributed by atoms with Gasteiger partial charge in [0.25, 0.3) is 0 Å². The van der Waals surface area contributed by atoms with Crippen molar-refractivity contribution < 1.29 is 4.42 Å². The van der Waals surface area contributed by atoms with Crippen molar-refractivity contribution in [2.45, 2.75) is 5.92 Å². The summed E-state index contributed by atoms with van der Waals surface area (Å²) in [5.41, 5.74) is -13.3.